The van der Waals surface area contributed by atoms with E-state index in [1.165, 1.54) is 23.1 Å². The van der Waals surface area contributed by atoms with Crippen LogP contribution in [0.25, 0.3) is 10.2 Å². The highest BCUT2D eigenvalue weighted by atomic mass is 32.2. The lowest BCUT2D eigenvalue weighted by atomic mass is 10.1. The average molecular weight is 506 g/mol. The number of fused-ring (bicyclic) bond motifs is 1. The number of hydrogen-bond acceptors (Lipinski definition) is 6. The Bertz CT molecular complexity index is 1320. The summed E-state index contributed by atoms with van der Waals surface area (Å²) >= 11 is 2.89. The summed E-state index contributed by atoms with van der Waals surface area (Å²) in [5, 5.41) is 5.85. The zero-order valence-electron chi connectivity index (χ0n) is 19.7. The second-order valence-corrected chi connectivity index (χ2v) is 10.3. The van der Waals surface area contributed by atoms with Crippen LogP contribution in [-0.4, -0.2) is 29.2 Å². The molecule has 4 rings (SSSR count). The molecular weight excluding hydrogens is 478 g/mol. The van der Waals surface area contributed by atoms with Crippen molar-refractivity contribution < 1.29 is 14.3 Å². The topological polar surface area (TPSA) is 80.3 Å². The predicted octanol–water partition coefficient (Wildman–Crippen LogP) is 6.77. The third-order valence-electron chi connectivity index (χ3n) is 5.14. The lowest BCUT2D eigenvalue weighted by molar-refractivity contribution is -0.113. The standard InChI is InChI=1S/C27H27N3O3S2/c1-3-4-14-33-22-11-8-20(9-12-22)28-25(31)17-34-27-30-23-13-10-21(16-24(23)35-27)29-26(32)19-7-5-6-18(2)15-19/h5-13,15-16H,3-4,14,17H2,1-2H3,(H,28,31)(H,29,32). The van der Waals surface area contributed by atoms with Crippen LogP contribution in [0.15, 0.2) is 71.1 Å². The number of benzene rings is 3. The van der Waals surface area contributed by atoms with Gasteiger partial charge in [0.05, 0.1) is 22.6 Å². The number of aromatic nitrogens is 1. The van der Waals surface area contributed by atoms with E-state index >= 15 is 0 Å². The summed E-state index contributed by atoms with van der Waals surface area (Å²) in [5.41, 5.74) is 3.94. The molecule has 3 aromatic carbocycles. The van der Waals surface area contributed by atoms with Gasteiger partial charge in [-0.3, -0.25) is 9.59 Å². The Labute approximate surface area is 213 Å². The molecule has 0 aliphatic rings. The number of thioether (sulfide) groups is 1. The molecule has 180 valence electrons. The van der Waals surface area contributed by atoms with Crippen LogP contribution in [0.3, 0.4) is 0 Å². The monoisotopic (exact) mass is 505 g/mol. The number of anilines is 2. The molecule has 2 amide bonds. The van der Waals surface area contributed by atoms with Crippen molar-refractivity contribution in [2.24, 2.45) is 0 Å². The lowest BCUT2D eigenvalue weighted by Gasteiger charge is -2.07. The van der Waals surface area contributed by atoms with Crippen LogP contribution >= 0.6 is 23.1 Å². The molecule has 6 nitrogen and oxygen atoms in total. The summed E-state index contributed by atoms with van der Waals surface area (Å²) in [7, 11) is 0. The molecule has 0 atom stereocenters. The third kappa shape index (κ3) is 7.07. The number of carbonyl (C=O) groups excluding carboxylic acids is 2. The minimum Gasteiger partial charge on any atom is -0.494 e. The fourth-order valence-electron chi connectivity index (χ4n) is 3.33. The van der Waals surface area contributed by atoms with Crippen LogP contribution in [0.1, 0.15) is 35.7 Å². The van der Waals surface area contributed by atoms with E-state index < -0.39 is 0 Å². The summed E-state index contributed by atoms with van der Waals surface area (Å²) in [6.07, 6.45) is 2.11. The van der Waals surface area contributed by atoms with Gasteiger partial charge < -0.3 is 15.4 Å². The Balaban J connectivity index is 1.31. The third-order valence-corrected chi connectivity index (χ3v) is 7.30. The number of ether oxygens (including phenoxy) is 1. The number of rotatable bonds is 10. The molecule has 4 aromatic rings. The van der Waals surface area contributed by atoms with Crippen LogP contribution in [-0.2, 0) is 4.79 Å². The van der Waals surface area contributed by atoms with Crippen molar-refractivity contribution in [2.45, 2.75) is 31.0 Å². The summed E-state index contributed by atoms with van der Waals surface area (Å²) in [6, 6.07) is 20.5. The van der Waals surface area contributed by atoms with Gasteiger partial charge in [0.2, 0.25) is 5.91 Å². The summed E-state index contributed by atoms with van der Waals surface area (Å²) in [6.45, 7) is 4.78. The normalized spacial score (nSPS) is 10.8. The van der Waals surface area contributed by atoms with Crippen molar-refractivity contribution >= 4 is 56.5 Å². The van der Waals surface area contributed by atoms with E-state index in [0.29, 0.717) is 17.9 Å². The molecule has 0 saturated heterocycles. The van der Waals surface area contributed by atoms with Gasteiger partial charge in [-0.05, 0) is 67.9 Å². The molecular formula is C27H27N3O3S2. The second kappa shape index (κ2) is 11.9. The minimum absolute atomic E-state index is 0.0972. The highest BCUT2D eigenvalue weighted by molar-refractivity contribution is 8.01. The van der Waals surface area contributed by atoms with E-state index in [9.17, 15) is 9.59 Å². The number of aryl methyl sites for hydroxylation is 1. The molecule has 0 bridgehead atoms. The maximum Gasteiger partial charge on any atom is 0.255 e. The molecule has 2 N–H and O–H groups in total. The van der Waals surface area contributed by atoms with Crippen molar-refractivity contribution in [3.63, 3.8) is 0 Å². The van der Waals surface area contributed by atoms with Gasteiger partial charge in [-0.15, -0.1) is 11.3 Å². The molecule has 1 heterocycles. The van der Waals surface area contributed by atoms with Crippen LogP contribution < -0.4 is 15.4 Å². The van der Waals surface area contributed by atoms with Crippen molar-refractivity contribution in [1.82, 2.24) is 4.98 Å². The van der Waals surface area contributed by atoms with Crippen LogP contribution in [0.4, 0.5) is 11.4 Å². The first-order valence-corrected chi connectivity index (χ1v) is 13.2. The van der Waals surface area contributed by atoms with Crippen molar-refractivity contribution in [3.05, 3.63) is 77.9 Å². The largest absolute Gasteiger partial charge is 0.494 e. The Hall–Kier alpha value is -3.36. The van der Waals surface area contributed by atoms with Crippen LogP contribution in [0, 0.1) is 6.92 Å². The second-order valence-electron chi connectivity index (χ2n) is 8.05. The first-order valence-electron chi connectivity index (χ1n) is 11.4. The van der Waals surface area contributed by atoms with Gasteiger partial charge in [0, 0.05) is 16.9 Å². The maximum absolute atomic E-state index is 12.5. The van der Waals surface area contributed by atoms with Gasteiger partial charge in [-0.25, -0.2) is 4.98 Å². The number of unbranched alkanes of at least 4 members (excludes halogenated alkanes) is 1. The highest BCUT2D eigenvalue weighted by Gasteiger charge is 2.11. The quantitative estimate of drug-likeness (QED) is 0.184. The Morgan fingerprint density at radius 1 is 1.00 bits per heavy atom. The smallest absolute Gasteiger partial charge is 0.255 e. The Kier molecular flexibility index (Phi) is 8.39. The average Bonchev–Trinajstić information content (AvgIpc) is 3.26. The number of nitrogens with zero attached hydrogens (tertiary/aromatic N) is 1. The van der Waals surface area contributed by atoms with E-state index in [1.54, 1.807) is 6.07 Å². The number of thiazole rings is 1. The molecule has 0 saturated carbocycles. The van der Waals surface area contributed by atoms with E-state index in [4.69, 9.17) is 4.74 Å². The van der Waals surface area contributed by atoms with Crippen molar-refractivity contribution in [2.75, 3.05) is 23.0 Å². The Morgan fingerprint density at radius 2 is 1.80 bits per heavy atom. The number of amides is 2. The summed E-state index contributed by atoms with van der Waals surface area (Å²) in [4.78, 5) is 29.5. The zero-order chi connectivity index (χ0) is 24.6. The molecule has 0 spiro atoms. The van der Waals surface area contributed by atoms with Gasteiger partial charge >= 0.3 is 0 Å². The van der Waals surface area contributed by atoms with Gasteiger partial charge in [0.25, 0.3) is 5.91 Å². The van der Waals surface area contributed by atoms with Crippen LogP contribution in [0.5, 0.6) is 5.75 Å². The summed E-state index contributed by atoms with van der Waals surface area (Å²) in [5.74, 6) is 0.810. The van der Waals surface area contributed by atoms with E-state index in [1.807, 2.05) is 67.6 Å². The minimum atomic E-state index is -0.149. The zero-order valence-corrected chi connectivity index (χ0v) is 21.3. The maximum atomic E-state index is 12.5. The molecule has 8 heteroatoms. The van der Waals surface area contributed by atoms with Crippen molar-refractivity contribution in [3.8, 4) is 5.75 Å². The van der Waals surface area contributed by atoms with Gasteiger partial charge in [0.1, 0.15) is 5.75 Å². The van der Waals surface area contributed by atoms with E-state index in [2.05, 4.69) is 22.5 Å². The van der Waals surface area contributed by atoms with E-state index in [0.717, 1.165) is 44.4 Å². The lowest BCUT2D eigenvalue weighted by Crippen LogP contribution is -2.13. The predicted molar refractivity (Wildman–Crippen MR) is 145 cm³/mol. The molecule has 0 aliphatic carbocycles. The molecule has 0 unspecified atom stereocenters. The first kappa shape index (κ1) is 24.8. The van der Waals surface area contributed by atoms with Gasteiger partial charge in [0.15, 0.2) is 4.34 Å². The number of nitrogens with one attached hydrogen (secondary N) is 2. The van der Waals surface area contributed by atoms with E-state index in [-0.39, 0.29) is 17.6 Å². The first-order chi connectivity index (χ1) is 17.0. The van der Waals surface area contributed by atoms with Gasteiger partial charge in [-0.2, -0.15) is 0 Å². The van der Waals surface area contributed by atoms with Gasteiger partial charge in [-0.1, -0.05) is 42.8 Å². The molecule has 1 aromatic heterocycles. The van der Waals surface area contributed by atoms with Crippen LogP contribution in [0.2, 0.25) is 0 Å². The molecule has 0 fully saturated rings. The molecule has 0 radical (unpaired) electrons. The SMILES string of the molecule is CCCCOc1ccc(NC(=O)CSc2nc3ccc(NC(=O)c4cccc(C)c4)cc3s2)cc1. The fourth-order valence-corrected chi connectivity index (χ4v) is 5.23. The fraction of sp³-hybridized carbons (Fsp3) is 0.222. The number of carbonyl (C=O) groups is 2. The molecule has 0 aliphatic heterocycles. The summed E-state index contributed by atoms with van der Waals surface area (Å²) < 4.78 is 7.41. The number of hydrogen-bond donors (Lipinski definition) is 2. The van der Waals surface area contributed by atoms with Crippen molar-refractivity contribution in [1.29, 1.82) is 0 Å². The molecule has 35 heavy (non-hydrogen) atoms. The highest BCUT2D eigenvalue weighted by Crippen LogP contribution is 2.31. The Morgan fingerprint density at radius 3 is 2.57 bits per heavy atom.